The van der Waals surface area contributed by atoms with Crippen LogP contribution in [0, 0.1) is 6.92 Å². The van der Waals surface area contributed by atoms with E-state index in [1.807, 2.05) is 43.3 Å². The molecular weight excluding hydrogens is 354 g/mol. The number of ether oxygens (including phenoxy) is 2. The molecule has 0 saturated carbocycles. The van der Waals surface area contributed by atoms with Crippen molar-refractivity contribution in [2.24, 2.45) is 4.99 Å². The fourth-order valence-corrected chi connectivity index (χ4v) is 2.90. The summed E-state index contributed by atoms with van der Waals surface area (Å²) in [4.78, 5) is 4.55. The van der Waals surface area contributed by atoms with Gasteiger partial charge in [-0.05, 0) is 44.5 Å². The summed E-state index contributed by atoms with van der Waals surface area (Å²) in [5, 5.41) is 17.1. The molecule has 2 aromatic carbocycles. The molecule has 28 heavy (non-hydrogen) atoms. The van der Waals surface area contributed by atoms with E-state index in [0.717, 1.165) is 29.2 Å². The number of rotatable bonds is 8. The molecule has 0 aromatic heterocycles. The van der Waals surface area contributed by atoms with Crippen LogP contribution >= 0.6 is 0 Å². The van der Waals surface area contributed by atoms with Gasteiger partial charge in [-0.25, -0.2) is 0 Å². The lowest BCUT2D eigenvalue weighted by molar-refractivity contribution is 0.187. The maximum Gasteiger partial charge on any atom is 0.191 e. The molecule has 6 nitrogen and oxygen atoms in total. The smallest absolute Gasteiger partial charge is 0.191 e. The van der Waals surface area contributed by atoms with Gasteiger partial charge in [0.2, 0.25) is 0 Å². The minimum atomic E-state index is -0.690. The average molecular weight is 386 g/mol. The third-order valence-electron chi connectivity index (χ3n) is 4.47. The van der Waals surface area contributed by atoms with Crippen molar-refractivity contribution in [3.63, 3.8) is 0 Å². The van der Waals surface area contributed by atoms with Crippen LogP contribution in [0.5, 0.6) is 11.5 Å². The Bertz CT molecular complexity index is 775. The number of nitrogens with one attached hydrogen (secondary N) is 2. The second kappa shape index (κ2) is 10.6. The highest BCUT2D eigenvalue weighted by Gasteiger charge is 2.14. The van der Waals surface area contributed by atoms with Gasteiger partial charge in [0.1, 0.15) is 11.5 Å². The van der Waals surface area contributed by atoms with E-state index in [2.05, 4.69) is 35.5 Å². The summed E-state index contributed by atoms with van der Waals surface area (Å²) < 4.78 is 10.6. The number of aryl methyl sites for hydroxylation is 1. The number of nitrogens with zero attached hydrogens (tertiary/aromatic N) is 1. The van der Waals surface area contributed by atoms with Crippen molar-refractivity contribution in [1.82, 2.24) is 10.6 Å². The Morgan fingerprint density at radius 2 is 1.82 bits per heavy atom. The normalized spacial score (nSPS) is 13.6. The molecule has 2 aromatic rings. The minimum Gasteiger partial charge on any atom is -0.497 e. The molecule has 0 heterocycles. The van der Waals surface area contributed by atoms with Gasteiger partial charge in [0.25, 0.3) is 0 Å². The molecule has 0 aliphatic carbocycles. The highest BCUT2D eigenvalue weighted by molar-refractivity contribution is 5.80. The Morgan fingerprint density at radius 3 is 2.43 bits per heavy atom. The van der Waals surface area contributed by atoms with Crippen molar-refractivity contribution in [3.05, 3.63) is 59.2 Å². The maximum absolute atomic E-state index is 10.4. The van der Waals surface area contributed by atoms with Crippen molar-refractivity contribution in [1.29, 1.82) is 0 Å². The first-order valence-corrected chi connectivity index (χ1v) is 9.49. The van der Waals surface area contributed by atoms with Crippen LogP contribution in [0.25, 0.3) is 0 Å². The lowest BCUT2D eigenvalue weighted by atomic mass is 10.0. The van der Waals surface area contributed by atoms with E-state index in [-0.39, 0.29) is 12.6 Å². The number of hydrogen-bond acceptors (Lipinski definition) is 4. The van der Waals surface area contributed by atoms with E-state index < -0.39 is 6.10 Å². The molecular formula is C22H31N3O3. The summed E-state index contributed by atoms with van der Waals surface area (Å²) in [6.45, 7) is 7.10. The first kappa shape index (κ1) is 21.6. The number of aliphatic hydroxyl groups excluding tert-OH is 1. The van der Waals surface area contributed by atoms with Crippen LogP contribution in [0.2, 0.25) is 0 Å². The lowest BCUT2D eigenvalue weighted by Gasteiger charge is -2.21. The van der Waals surface area contributed by atoms with E-state index in [1.54, 1.807) is 14.2 Å². The molecule has 3 N–H and O–H groups in total. The van der Waals surface area contributed by atoms with Crippen LogP contribution in [0.3, 0.4) is 0 Å². The van der Waals surface area contributed by atoms with Crippen LogP contribution in [0.1, 0.15) is 42.7 Å². The van der Waals surface area contributed by atoms with Gasteiger partial charge in [0.15, 0.2) is 5.96 Å². The molecule has 2 rings (SSSR count). The zero-order valence-electron chi connectivity index (χ0n) is 17.3. The summed E-state index contributed by atoms with van der Waals surface area (Å²) in [7, 11) is 3.29. The summed E-state index contributed by atoms with van der Waals surface area (Å²) >= 11 is 0. The minimum absolute atomic E-state index is 0.00854. The van der Waals surface area contributed by atoms with Crippen LogP contribution in [0.4, 0.5) is 0 Å². The van der Waals surface area contributed by atoms with Gasteiger partial charge in [-0.15, -0.1) is 0 Å². The zero-order valence-corrected chi connectivity index (χ0v) is 17.3. The van der Waals surface area contributed by atoms with E-state index in [1.165, 1.54) is 5.56 Å². The standard InChI is InChI=1S/C22H31N3O3/c1-6-23-22(24-14-20(26)17-8-10-18(27-4)11-9-17)25-16(3)19-13-15(2)7-12-21(19)28-5/h7-13,16,20,26H,6,14H2,1-5H3,(H2,23,24,25). The molecule has 0 aliphatic heterocycles. The maximum atomic E-state index is 10.4. The average Bonchev–Trinajstić information content (AvgIpc) is 2.71. The van der Waals surface area contributed by atoms with E-state index in [0.29, 0.717) is 5.96 Å². The molecule has 152 valence electrons. The van der Waals surface area contributed by atoms with Crippen LogP contribution in [-0.2, 0) is 0 Å². The summed E-state index contributed by atoms with van der Waals surface area (Å²) in [6, 6.07) is 13.5. The first-order chi connectivity index (χ1) is 13.5. The Kier molecular flexibility index (Phi) is 8.14. The summed E-state index contributed by atoms with van der Waals surface area (Å²) in [6.07, 6.45) is -0.690. The van der Waals surface area contributed by atoms with Crippen molar-refractivity contribution in [3.8, 4) is 11.5 Å². The van der Waals surface area contributed by atoms with Gasteiger partial charge in [0, 0.05) is 12.1 Å². The lowest BCUT2D eigenvalue weighted by Crippen LogP contribution is -2.39. The first-order valence-electron chi connectivity index (χ1n) is 9.49. The third-order valence-corrected chi connectivity index (χ3v) is 4.47. The predicted octanol–water partition coefficient (Wildman–Crippen LogP) is 3.36. The molecule has 0 aliphatic rings. The van der Waals surface area contributed by atoms with E-state index in [4.69, 9.17) is 9.47 Å². The van der Waals surface area contributed by atoms with Gasteiger partial charge < -0.3 is 25.2 Å². The van der Waals surface area contributed by atoms with Crippen LogP contribution < -0.4 is 20.1 Å². The summed E-state index contributed by atoms with van der Waals surface area (Å²) in [5.41, 5.74) is 3.03. The Balaban J connectivity index is 2.09. The van der Waals surface area contributed by atoms with Crippen LogP contribution in [-0.4, -0.2) is 38.4 Å². The number of benzene rings is 2. The highest BCUT2D eigenvalue weighted by atomic mass is 16.5. The third kappa shape index (κ3) is 5.89. The largest absolute Gasteiger partial charge is 0.497 e. The number of hydrogen-bond donors (Lipinski definition) is 3. The molecule has 6 heteroatoms. The predicted molar refractivity (Wildman–Crippen MR) is 113 cm³/mol. The van der Waals surface area contributed by atoms with Gasteiger partial charge in [-0.1, -0.05) is 29.8 Å². The molecule has 0 bridgehead atoms. The highest BCUT2D eigenvalue weighted by Crippen LogP contribution is 2.26. The quantitative estimate of drug-likeness (QED) is 0.480. The Hall–Kier alpha value is -2.73. The van der Waals surface area contributed by atoms with Crippen molar-refractivity contribution in [2.75, 3.05) is 27.3 Å². The van der Waals surface area contributed by atoms with Crippen molar-refractivity contribution >= 4 is 5.96 Å². The summed E-state index contributed by atoms with van der Waals surface area (Å²) in [5.74, 6) is 2.24. The second-order valence-electron chi connectivity index (χ2n) is 6.62. The number of aliphatic imine (C=N–C) groups is 1. The fourth-order valence-electron chi connectivity index (χ4n) is 2.90. The molecule has 0 fully saturated rings. The van der Waals surface area contributed by atoms with Gasteiger partial charge >= 0.3 is 0 Å². The number of methoxy groups -OCH3 is 2. The van der Waals surface area contributed by atoms with E-state index in [9.17, 15) is 5.11 Å². The molecule has 2 atom stereocenters. The SMILES string of the molecule is CCNC(=NCC(O)c1ccc(OC)cc1)NC(C)c1cc(C)ccc1OC. The topological polar surface area (TPSA) is 75.1 Å². The van der Waals surface area contributed by atoms with Crippen molar-refractivity contribution in [2.45, 2.75) is 32.9 Å². The van der Waals surface area contributed by atoms with E-state index >= 15 is 0 Å². The molecule has 0 spiro atoms. The van der Waals surface area contributed by atoms with Crippen molar-refractivity contribution < 1.29 is 14.6 Å². The zero-order chi connectivity index (χ0) is 20.5. The van der Waals surface area contributed by atoms with Gasteiger partial charge in [-0.2, -0.15) is 0 Å². The Morgan fingerprint density at radius 1 is 1.11 bits per heavy atom. The Labute approximate surface area is 167 Å². The fraction of sp³-hybridized carbons (Fsp3) is 0.409. The molecule has 0 saturated heterocycles. The monoisotopic (exact) mass is 385 g/mol. The van der Waals surface area contributed by atoms with Gasteiger partial charge in [-0.3, -0.25) is 4.99 Å². The molecule has 0 amide bonds. The number of aliphatic hydroxyl groups is 1. The molecule has 0 radical (unpaired) electrons. The molecule has 2 unspecified atom stereocenters. The number of guanidine groups is 1. The van der Waals surface area contributed by atoms with Crippen LogP contribution in [0.15, 0.2) is 47.5 Å². The second-order valence-corrected chi connectivity index (χ2v) is 6.62. The van der Waals surface area contributed by atoms with Gasteiger partial charge in [0.05, 0.1) is 32.9 Å².